The van der Waals surface area contributed by atoms with Gasteiger partial charge in [0.2, 0.25) is 6.41 Å². The summed E-state index contributed by atoms with van der Waals surface area (Å²) in [7, 11) is 11.9. The Hall–Kier alpha value is -0.110. The van der Waals surface area contributed by atoms with Crippen molar-refractivity contribution in [1.82, 2.24) is 18.9 Å². The molecule has 0 rings (SSSR count). The van der Waals surface area contributed by atoms with Crippen molar-refractivity contribution in [2.75, 3.05) is 68.9 Å². The molecule has 0 aromatic heterocycles. The Labute approximate surface area is 127 Å². The standard InChI is InChI=1S/C6H18N3OP.C3H7NO.C2H6OS/c1-7(2)11(10,8(3)4)9(5)6;1-4(2)3-5;1-4(2)3/h1-6H3;3H,1-2H3;1-2H3. The van der Waals surface area contributed by atoms with Crippen molar-refractivity contribution < 1.29 is 13.9 Å². The molecule has 7 nitrogen and oxygen atoms in total. The molecule has 0 radical (unpaired) electrons. The fourth-order valence-corrected chi connectivity index (χ4v) is 3.22. The van der Waals surface area contributed by atoms with Crippen LogP contribution in [0.2, 0.25) is 0 Å². The van der Waals surface area contributed by atoms with Crippen LogP contribution < -0.4 is 0 Å². The molecule has 0 saturated carbocycles. The van der Waals surface area contributed by atoms with Crippen molar-refractivity contribution in [3.8, 4) is 0 Å². The highest BCUT2D eigenvalue weighted by Gasteiger charge is 2.30. The van der Waals surface area contributed by atoms with E-state index in [1.807, 2.05) is 42.3 Å². The lowest BCUT2D eigenvalue weighted by Gasteiger charge is -2.34. The zero-order valence-corrected chi connectivity index (χ0v) is 16.2. The summed E-state index contributed by atoms with van der Waals surface area (Å²) < 4.78 is 26.9. The molecule has 0 aliphatic heterocycles. The van der Waals surface area contributed by atoms with Gasteiger partial charge in [0.1, 0.15) is 0 Å². The number of nitrogens with zero attached hydrogens (tertiary/aromatic N) is 4. The Bertz CT molecular complexity index is 256. The molecule has 0 saturated heterocycles. The fourth-order valence-electron chi connectivity index (χ4n) is 1.07. The minimum atomic E-state index is -2.44. The lowest BCUT2D eigenvalue weighted by atomic mass is 11.0. The van der Waals surface area contributed by atoms with Crippen molar-refractivity contribution >= 4 is 25.2 Å². The van der Waals surface area contributed by atoms with Gasteiger partial charge >= 0.3 is 0 Å². The highest BCUT2D eigenvalue weighted by molar-refractivity contribution is 7.89. The van der Waals surface area contributed by atoms with Gasteiger partial charge in [0, 0.05) is 14.1 Å². The van der Waals surface area contributed by atoms with Gasteiger partial charge in [-0.1, -0.05) is 11.2 Å². The first-order chi connectivity index (χ1) is 8.83. The number of carbonyl (C=O) groups is 1. The normalized spacial score (nSPS) is 10.9. The molecule has 20 heavy (non-hydrogen) atoms. The summed E-state index contributed by atoms with van der Waals surface area (Å²) >= 11 is -0.611. The minimum Gasteiger partial charge on any atom is -0.617 e. The molecule has 1 amide bonds. The van der Waals surface area contributed by atoms with E-state index in [0.29, 0.717) is 0 Å². The van der Waals surface area contributed by atoms with E-state index in [-0.39, 0.29) is 0 Å². The summed E-state index contributed by atoms with van der Waals surface area (Å²) in [6.45, 7) is 0. The van der Waals surface area contributed by atoms with Crippen LogP contribution in [0, 0.1) is 0 Å². The van der Waals surface area contributed by atoms with Crippen molar-refractivity contribution in [2.24, 2.45) is 0 Å². The summed E-state index contributed by atoms with van der Waals surface area (Å²) in [4.78, 5) is 10.9. The summed E-state index contributed by atoms with van der Waals surface area (Å²) in [5, 5.41) is 0. The van der Waals surface area contributed by atoms with Gasteiger partial charge in [-0.3, -0.25) is 9.36 Å². The Balaban J connectivity index is -0.000000266. The maximum atomic E-state index is 12.1. The molecule has 0 fully saturated rings. The first-order valence-corrected chi connectivity index (χ1v) is 9.37. The van der Waals surface area contributed by atoms with E-state index < -0.39 is 18.8 Å². The second-order valence-electron chi connectivity index (χ2n) is 4.87. The van der Waals surface area contributed by atoms with Gasteiger partial charge in [-0.15, -0.1) is 0 Å². The van der Waals surface area contributed by atoms with E-state index in [1.54, 1.807) is 40.6 Å². The maximum Gasteiger partial charge on any atom is 0.285 e. The lowest BCUT2D eigenvalue weighted by molar-refractivity contribution is -0.115. The zero-order chi connectivity index (χ0) is 17.1. The Morgan fingerprint density at radius 1 is 0.850 bits per heavy atom. The predicted molar refractivity (Wildman–Crippen MR) is 88.4 cm³/mol. The smallest absolute Gasteiger partial charge is 0.285 e. The molecular weight excluding hydrogens is 299 g/mol. The molecule has 0 unspecified atom stereocenters. The average Bonchev–Trinajstić information content (AvgIpc) is 2.26. The maximum absolute atomic E-state index is 12.1. The SMILES string of the molecule is CN(C)C=O.CN(C)P(=O)(N(C)C)N(C)C.C[S+](C)[O-]. The topological polar surface area (TPSA) is 70.2 Å². The highest BCUT2D eigenvalue weighted by Crippen LogP contribution is 2.50. The Morgan fingerprint density at radius 3 is 1.00 bits per heavy atom. The van der Waals surface area contributed by atoms with Crippen LogP contribution in [-0.2, 0) is 20.5 Å². The van der Waals surface area contributed by atoms with E-state index in [0.717, 1.165) is 6.41 Å². The van der Waals surface area contributed by atoms with Gasteiger partial charge in [0.15, 0.2) is 0 Å². The Morgan fingerprint density at radius 2 is 1.00 bits per heavy atom. The fraction of sp³-hybridized carbons (Fsp3) is 0.909. The summed E-state index contributed by atoms with van der Waals surface area (Å²) in [6.07, 6.45) is 4.03. The number of hydrogen-bond donors (Lipinski definition) is 0. The monoisotopic (exact) mass is 330 g/mol. The average molecular weight is 330 g/mol. The van der Waals surface area contributed by atoms with Crippen LogP contribution >= 0.6 is 7.59 Å². The molecule has 0 aliphatic carbocycles. The third-order valence-electron chi connectivity index (χ3n) is 1.77. The molecule has 0 heterocycles. The van der Waals surface area contributed by atoms with Gasteiger partial charge in [-0.2, -0.15) is 0 Å². The minimum absolute atomic E-state index is 0.611. The van der Waals surface area contributed by atoms with E-state index in [4.69, 9.17) is 0 Å². The molecule has 9 heteroatoms. The number of amides is 1. The zero-order valence-electron chi connectivity index (χ0n) is 14.4. The van der Waals surface area contributed by atoms with Crippen LogP contribution in [0.4, 0.5) is 0 Å². The van der Waals surface area contributed by atoms with Gasteiger partial charge in [0.25, 0.3) is 7.59 Å². The number of rotatable bonds is 4. The third kappa shape index (κ3) is 12.9. The predicted octanol–water partition coefficient (Wildman–Crippen LogP) is 0.478. The molecule has 0 bridgehead atoms. The molecule has 0 aromatic rings. The summed E-state index contributed by atoms with van der Waals surface area (Å²) in [5.74, 6) is 0. The van der Waals surface area contributed by atoms with Gasteiger partial charge in [0.05, 0.1) is 12.5 Å². The van der Waals surface area contributed by atoms with E-state index >= 15 is 0 Å². The molecule has 0 spiro atoms. The molecule has 0 aliphatic rings. The van der Waals surface area contributed by atoms with Crippen LogP contribution in [0.25, 0.3) is 0 Å². The van der Waals surface area contributed by atoms with Crippen LogP contribution in [0.1, 0.15) is 0 Å². The molecule has 0 aromatic carbocycles. The largest absolute Gasteiger partial charge is 0.617 e. The summed E-state index contributed by atoms with van der Waals surface area (Å²) in [6, 6.07) is 0. The van der Waals surface area contributed by atoms with Gasteiger partial charge in [-0.25, -0.2) is 14.0 Å². The first-order valence-electron chi connectivity index (χ1n) is 5.84. The van der Waals surface area contributed by atoms with Crippen molar-refractivity contribution in [3.63, 3.8) is 0 Å². The van der Waals surface area contributed by atoms with Crippen LogP contribution in [0.15, 0.2) is 0 Å². The Kier molecular flexibility index (Phi) is 15.7. The molecular formula is C11H31N4O3PS. The third-order valence-corrected chi connectivity index (χ3v) is 4.90. The van der Waals surface area contributed by atoms with Crippen molar-refractivity contribution in [2.45, 2.75) is 0 Å². The number of hydrogen-bond acceptors (Lipinski definition) is 3. The van der Waals surface area contributed by atoms with Crippen LogP contribution in [-0.4, -0.2) is 98.8 Å². The van der Waals surface area contributed by atoms with Gasteiger partial charge < -0.3 is 9.45 Å². The van der Waals surface area contributed by atoms with Crippen molar-refractivity contribution in [1.29, 1.82) is 0 Å². The second kappa shape index (κ2) is 12.6. The molecule has 124 valence electrons. The molecule has 0 N–H and O–H groups in total. The van der Waals surface area contributed by atoms with Crippen molar-refractivity contribution in [3.05, 3.63) is 0 Å². The van der Waals surface area contributed by atoms with Crippen LogP contribution in [0.3, 0.4) is 0 Å². The number of carbonyl (C=O) groups excluding carboxylic acids is 1. The summed E-state index contributed by atoms with van der Waals surface area (Å²) in [5.41, 5.74) is 0. The van der Waals surface area contributed by atoms with Gasteiger partial charge in [-0.05, 0) is 42.3 Å². The quantitative estimate of drug-likeness (QED) is 0.424. The molecule has 0 atom stereocenters. The van der Waals surface area contributed by atoms with E-state index in [9.17, 15) is 13.9 Å². The second-order valence-corrected chi connectivity index (χ2v) is 9.78. The van der Waals surface area contributed by atoms with E-state index in [1.165, 1.54) is 4.90 Å². The first kappa shape index (κ1) is 24.9. The highest BCUT2D eigenvalue weighted by atomic mass is 32.2. The van der Waals surface area contributed by atoms with Crippen LogP contribution in [0.5, 0.6) is 0 Å². The lowest BCUT2D eigenvalue weighted by Crippen LogP contribution is -2.30. The van der Waals surface area contributed by atoms with E-state index in [2.05, 4.69) is 0 Å².